The van der Waals surface area contributed by atoms with E-state index in [0.29, 0.717) is 11.0 Å². The zero-order valence-corrected chi connectivity index (χ0v) is 12.0. The maximum Gasteiger partial charge on any atom is 0.234 e. The minimum absolute atomic E-state index is 0.0661. The van der Waals surface area contributed by atoms with Crippen LogP contribution >= 0.6 is 11.8 Å². The molecule has 1 saturated heterocycles. The molecule has 2 aromatic rings. The van der Waals surface area contributed by atoms with Crippen LogP contribution < -0.4 is 10.6 Å². The van der Waals surface area contributed by atoms with Crippen LogP contribution in [-0.2, 0) is 4.79 Å². The Morgan fingerprint density at radius 1 is 1.40 bits per heavy atom. The first-order valence-electron chi connectivity index (χ1n) is 6.86. The van der Waals surface area contributed by atoms with Gasteiger partial charge in [-0.15, -0.1) is 11.8 Å². The van der Waals surface area contributed by atoms with Crippen molar-refractivity contribution in [2.24, 2.45) is 0 Å². The quantitative estimate of drug-likeness (QED) is 0.805. The van der Waals surface area contributed by atoms with Crippen molar-refractivity contribution >= 4 is 34.3 Å². The third-order valence-corrected chi connectivity index (χ3v) is 4.83. The van der Waals surface area contributed by atoms with Crippen LogP contribution in [0, 0.1) is 0 Å². The van der Waals surface area contributed by atoms with Crippen LogP contribution in [-0.4, -0.2) is 40.2 Å². The lowest BCUT2D eigenvalue weighted by atomic mass is 10.2. The Morgan fingerprint density at radius 3 is 3.10 bits per heavy atom. The van der Waals surface area contributed by atoms with Gasteiger partial charge in [0.25, 0.3) is 0 Å². The minimum Gasteiger partial charge on any atom is -0.325 e. The molecule has 0 unspecified atom stereocenters. The third-order valence-electron chi connectivity index (χ3n) is 3.46. The highest BCUT2D eigenvalue weighted by Crippen LogP contribution is 2.21. The number of piperidine rings is 1. The fourth-order valence-electron chi connectivity index (χ4n) is 2.37. The lowest BCUT2D eigenvalue weighted by Crippen LogP contribution is -2.30. The highest BCUT2D eigenvalue weighted by molar-refractivity contribution is 8.00. The monoisotopic (exact) mass is 290 g/mol. The smallest absolute Gasteiger partial charge is 0.234 e. The molecule has 1 aliphatic heterocycles. The van der Waals surface area contributed by atoms with Gasteiger partial charge in [0.15, 0.2) is 0 Å². The normalized spacial score (nSPS) is 16.4. The minimum atomic E-state index is 0.0661. The van der Waals surface area contributed by atoms with Gasteiger partial charge < -0.3 is 10.6 Å². The summed E-state index contributed by atoms with van der Waals surface area (Å²) < 4.78 is 0. The molecule has 1 aromatic heterocycles. The predicted molar refractivity (Wildman–Crippen MR) is 83.1 cm³/mol. The summed E-state index contributed by atoms with van der Waals surface area (Å²) in [4.78, 5) is 12.0. The van der Waals surface area contributed by atoms with E-state index in [1.807, 2.05) is 18.2 Å². The number of carbonyl (C=O) groups excluding carboxylic acids is 1. The van der Waals surface area contributed by atoms with Crippen LogP contribution in [0.4, 0.5) is 5.69 Å². The molecule has 1 aromatic carbocycles. The number of thioether (sulfide) groups is 1. The SMILES string of the molecule is O=C(CSC1CCNCC1)Nc1ccc2[nH]ncc2c1. The summed E-state index contributed by atoms with van der Waals surface area (Å²) >= 11 is 1.76. The summed E-state index contributed by atoms with van der Waals surface area (Å²) in [5.74, 6) is 0.588. The topological polar surface area (TPSA) is 69.8 Å². The number of hydrogen-bond donors (Lipinski definition) is 3. The molecule has 106 valence electrons. The Balaban J connectivity index is 1.52. The summed E-state index contributed by atoms with van der Waals surface area (Å²) in [7, 11) is 0. The molecule has 20 heavy (non-hydrogen) atoms. The van der Waals surface area contributed by atoms with Crippen molar-refractivity contribution in [2.75, 3.05) is 24.2 Å². The number of aromatic nitrogens is 2. The first-order valence-corrected chi connectivity index (χ1v) is 7.91. The number of amides is 1. The molecule has 0 bridgehead atoms. The lowest BCUT2D eigenvalue weighted by Gasteiger charge is -2.21. The van der Waals surface area contributed by atoms with Crippen molar-refractivity contribution < 1.29 is 4.79 Å². The van der Waals surface area contributed by atoms with Gasteiger partial charge in [0.2, 0.25) is 5.91 Å². The number of aromatic amines is 1. The molecule has 5 nitrogen and oxygen atoms in total. The predicted octanol–water partition coefficient (Wildman–Crippen LogP) is 1.99. The van der Waals surface area contributed by atoms with Crippen LogP contribution in [0.2, 0.25) is 0 Å². The van der Waals surface area contributed by atoms with Gasteiger partial charge in [-0.3, -0.25) is 9.89 Å². The van der Waals surface area contributed by atoms with E-state index < -0.39 is 0 Å². The average Bonchev–Trinajstić information content (AvgIpc) is 2.94. The van der Waals surface area contributed by atoms with Crippen molar-refractivity contribution in [3.05, 3.63) is 24.4 Å². The van der Waals surface area contributed by atoms with E-state index in [1.54, 1.807) is 18.0 Å². The number of nitrogens with one attached hydrogen (secondary N) is 3. The van der Waals surface area contributed by atoms with E-state index in [9.17, 15) is 4.79 Å². The van der Waals surface area contributed by atoms with Gasteiger partial charge in [0.1, 0.15) is 0 Å². The summed E-state index contributed by atoms with van der Waals surface area (Å²) in [5.41, 5.74) is 1.81. The average molecular weight is 290 g/mol. The van der Waals surface area contributed by atoms with E-state index in [-0.39, 0.29) is 5.91 Å². The molecule has 1 amide bonds. The molecule has 0 spiro atoms. The van der Waals surface area contributed by atoms with Gasteiger partial charge in [-0.25, -0.2) is 0 Å². The summed E-state index contributed by atoms with van der Waals surface area (Å²) in [6.45, 7) is 2.13. The molecular weight excluding hydrogens is 272 g/mol. The molecule has 2 heterocycles. The molecule has 6 heteroatoms. The maximum absolute atomic E-state index is 12.0. The molecule has 0 saturated carbocycles. The van der Waals surface area contributed by atoms with Crippen molar-refractivity contribution in [3.63, 3.8) is 0 Å². The number of hydrogen-bond acceptors (Lipinski definition) is 4. The zero-order chi connectivity index (χ0) is 13.8. The van der Waals surface area contributed by atoms with Crippen LogP contribution in [0.3, 0.4) is 0 Å². The van der Waals surface area contributed by atoms with Crippen LogP contribution in [0.25, 0.3) is 10.9 Å². The second-order valence-electron chi connectivity index (χ2n) is 4.98. The van der Waals surface area contributed by atoms with Gasteiger partial charge in [-0.05, 0) is 44.1 Å². The number of rotatable bonds is 4. The van der Waals surface area contributed by atoms with Crippen LogP contribution in [0.5, 0.6) is 0 Å². The molecule has 0 aliphatic carbocycles. The highest BCUT2D eigenvalue weighted by Gasteiger charge is 2.15. The Morgan fingerprint density at radius 2 is 2.25 bits per heavy atom. The fourth-order valence-corrected chi connectivity index (χ4v) is 3.40. The third kappa shape index (κ3) is 3.32. The molecule has 0 radical (unpaired) electrons. The fraction of sp³-hybridized carbons (Fsp3) is 0.429. The number of H-pyrrole nitrogens is 1. The standard InChI is InChI=1S/C14H18N4OS/c19-14(9-20-12-3-5-15-6-4-12)17-11-1-2-13-10(7-11)8-16-18-13/h1-2,7-8,12,15H,3-6,9H2,(H,16,18)(H,17,19). The van der Waals surface area contributed by atoms with Crippen LogP contribution in [0.15, 0.2) is 24.4 Å². The van der Waals surface area contributed by atoms with Crippen molar-refractivity contribution in [1.82, 2.24) is 15.5 Å². The van der Waals surface area contributed by atoms with Gasteiger partial charge in [-0.2, -0.15) is 5.10 Å². The Hall–Kier alpha value is -1.53. The first kappa shape index (κ1) is 13.5. The number of fused-ring (bicyclic) bond motifs is 1. The lowest BCUT2D eigenvalue weighted by molar-refractivity contribution is -0.113. The van der Waals surface area contributed by atoms with Crippen molar-refractivity contribution in [2.45, 2.75) is 18.1 Å². The second kappa shape index (κ2) is 6.28. The molecule has 0 atom stereocenters. The van der Waals surface area contributed by atoms with E-state index in [4.69, 9.17) is 0 Å². The number of anilines is 1. The number of nitrogens with zero attached hydrogens (tertiary/aromatic N) is 1. The van der Waals surface area contributed by atoms with Crippen molar-refractivity contribution in [1.29, 1.82) is 0 Å². The van der Waals surface area contributed by atoms with Gasteiger partial charge in [0, 0.05) is 16.3 Å². The molecule has 1 aliphatic rings. The molecule has 3 rings (SSSR count). The highest BCUT2D eigenvalue weighted by atomic mass is 32.2. The summed E-state index contributed by atoms with van der Waals surface area (Å²) in [5, 5.41) is 14.8. The van der Waals surface area contributed by atoms with E-state index in [1.165, 1.54) is 0 Å². The van der Waals surface area contributed by atoms with Gasteiger partial charge in [-0.1, -0.05) is 0 Å². The maximum atomic E-state index is 12.0. The largest absolute Gasteiger partial charge is 0.325 e. The molecular formula is C14H18N4OS. The Kier molecular flexibility index (Phi) is 4.22. The second-order valence-corrected chi connectivity index (χ2v) is 6.27. The number of carbonyl (C=O) groups is 1. The van der Waals surface area contributed by atoms with Crippen LogP contribution in [0.1, 0.15) is 12.8 Å². The first-order chi connectivity index (χ1) is 9.81. The Bertz CT molecular complexity index is 592. The van der Waals surface area contributed by atoms with E-state index >= 15 is 0 Å². The summed E-state index contributed by atoms with van der Waals surface area (Å²) in [6.07, 6.45) is 4.06. The van der Waals surface area contributed by atoms with Gasteiger partial charge >= 0.3 is 0 Å². The van der Waals surface area contributed by atoms with E-state index in [2.05, 4.69) is 20.8 Å². The molecule has 3 N–H and O–H groups in total. The Labute approximate surface area is 121 Å². The van der Waals surface area contributed by atoms with Gasteiger partial charge in [0.05, 0.1) is 17.5 Å². The number of benzene rings is 1. The summed E-state index contributed by atoms with van der Waals surface area (Å²) in [6, 6.07) is 5.76. The zero-order valence-electron chi connectivity index (χ0n) is 11.2. The molecule has 1 fully saturated rings. The van der Waals surface area contributed by atoms with E-state index in [0.717, 1.165) is 42.5 Å². The van der Waals surface area contributed by atoms with Crippen molar-refractivity contribution in [3.8, 4) is 0 Å².